The van der Waals surface area contributed by atoms with E-state index in [1.807, 2.05) is 0 Å². The summed E-state index contributed by atoms with van der Waals surface area (Å²) in [6.07, 6.45) is 0. The normalized spacial score (nSPS) is 8.22. The van der Waals surface area contributed by atoms with Crippen LogP contribution in [0.2, 0.25) is 0 Å². The molecule has 5 heteroatoms. The first-order chi connectivity index (χ1) is 3.55. The van der Waals surface area contributed by atoms with E-state index in [9.17, 15) is 19.8 Å². The maximum atomic E-state index is 9.61. The van der Waals surface area contributed by atoms with Crippen molar-refractivity contribution in [3.05, 3.63) is 0 Å². The Kier molecular flexibility index (Phi) is 5.80. The summed E-state index contributed by atoms with van der Waals surface area (Å²) in [5.41, 5.74) is 0. The van der Waals surface area contributed by atoms with Gasteiger partial charge in [-0.25, -0.2) is 0 Å². The van der Waals surface area contributed by atoms with Crippen molar-refractivity contribution in [2.75, 3.05) is 0 Å². The van der Waals surface area contributed by atoms with E-state index in [2.05, 4.69) is 0 Å². The summed E-state index contributed by atoms with van der Waals surface area (Å²) in [5.74, 6) is -4.76. The third-order valence-electron chi connectivity index (χ3n) is 0.707. The minimum absolute atomic E-state index is 0. The fraction of sp³-hybridized carbons (Fsp3) is 0.500. The second-order valence-corrected chi connectivity index (χ2v) is 1.36. The molecule has 9 heavy (non-hydrogen) atoms. The van der Waals surface area contributed by atoms with Crippen molar-refractivity contribution < 1.29 is 42.2 Å². The zero-order valence-corrected chi connectivity index (χ0v) is 5.99. The van der Waals surface area contributed by atoms with Crippen molar-refractivity contribution >= 4 is 11.9 Å². The Morgan fingerprint density at radius 1 is 1.22 bits per heavy atom. The second-order valence-electron chi connectivity index (χ2n) is 1.36. The molecule has 0 aromatic heterocycles. The van der Waals surface area contributed by atoms with Gasteiger partial charge in [-0.2, -0.15) is 0 Å². The van der Waals surface area contributed by atoms with Crippen molar-refractivity contribution in [3.63, 3.8) is 0 Å². The molecule has 0 aliphatic carbocycles. The van der Waals surface area contributed by atoms with Crippen LogP contribution >= 0.6 is 0 Å². The van der Waals surface area contributed by atoms with Crippen molar-refractivity contribution in [1.29, 1.82) is 0 Å². The summed E-state index contributed by atoms with van der Waals surface area (Å²) in [6, 6.07) is 0. The van der Waals surface area contributed by atoms with Gasteiger partial charge in [-0.05, 0) is 0 Å². The van der Waals surface area contributed by atoms with Gasteiger partial charge in [0.2, 0.25) is 0 Å². The van der Waals surface area contributed by atoms with Gasteiger partial charge in [-0.15, -0.1) is 0 Å². The van der Waals surface area contributed by atoms with Crippen LogP contribution in [-0.2, 0) is 32.0 Å². The molecule has 0 saturated carbocycles. The number of carboxylic acids is 2. The molecule has 0 atom stereocenters. The molecule has 0 saturated heterocycles. The van der Waals surface area contributed by atoms with E-state index < -0.39 is 17.9 Å². The fourth-order valence-electron chi connectivity index (χ4n) is 0.0962. The number of hydrogen-bond acceptors (Lipinski definition) is 4. The number of rotatable bonds is 2. The largest absolute Gasteiger partial charge is 0.549 e. The van der Waals surface area contributed by atoms with E-state index in [0.29, 0.717) is 0 Å². The molecular weight excluding hydrogens is 220 g/mol. The standard InChI is InChI=1S/C4H6O4.Ag/c1-2(3(5)6)4(7)8;/h2H,1H3,(H,5,6)(H,7,8);/p-2. The summed E-state index contributed by atoms with van der Waals surface area (Å²) >= 11 is 0. The van der Waals surface area contributed by atoms with Crippen LogP contribution < -0.4 is 10.2 Å². The Hall–Kier alpha value is -0.320. The molecule has 0 aliphatic rings. The molecular formula is C4H4AgO4-2. The molecule has 0 aromatic rings. The predicted octanol–water partition coefficient (Wildman–Crippen LogP) is -2.88. The third-order valence-corrected chi connectivity index (χ3v) is 0.707. The van der Waals surface area contributed by atoms with Crippen molar-refractivity contribution in [2.45, 2.75) is 6.92 Å². The first-order valence-electron chi connectivity index (χ1n) is 1.97. The Bertz CT molecular complexity index is 108. The first kappa shape index (κ1) is 11.5. The Balaban J connectivity index is 0. The van der Waals surface area contributed by atoms with Gasteiger partial charge >= 0.3 is 0 Å². The summed E-state index contributed by atoms with van der Waals surface area (Å²) < 4.78 is 0. The molecule has 0 rings (SSSR count). The Morgan fingerprint density at radius 3 is 1.44 bits per heavy atom. The average Bonchev–Trinajstić information content (AvgIpc) is 1.64. The first-order valence-corrected chi connectivity index (χ1v) is 1.97. The van der Waals surface area contributed by atoms with E-state index in [1.165, 1.54) is 0 Å². The van der Waals surface area contributed by atoms with Crippen LogP contribution in [0.25, 0.3) is 0 Å². The van der Waals surface area contributed by atoms with E-state index >= 15 is 0 Å². The molecule has 0 fully saturated rings. The van der Waals surface area contributed by atoms with Crippen LogP contribution in [0, 0.1) is 5.92 Å². The molecule has 0 aliphatic heterocycles. The number of hydrogen-bond donors (Lipinski definition) is 0. The molecule has 0 N–H and O–H groups in total. The van der Waals surface area contributed by atoms with Crippen LogP contribution in [0.15, 0.2) is 0 Å². The van der Waals surface area contributed by atoms with Gasteiger partial charge in [0.25, 0.3) is 0 Å². The molecule has 0 heterocycles. The number of carbonyl (C=O) groups excluding carboxylic acids is 2. The molecule has 4 nitrogen and oxygen atoms in total. The van der Waals surface area contributed by atoms with E-state index in [0.717, 1.165) is 6.92 Å². The summed E-state index contributed by atoms with van der Waals surface area (Å²) in [4.78, 5) is 19.2. The Labute approximate surface area is 67.4 Å². The molecule has 57 valence electrons. The fourth-order valence-corrected chi connectivity index (χ4v) is 0.0962. The van der Waals surface area contributed by atoms with Gasteiger partial charge < -0.3 is 19.8 Å². The van der Waals surface area contributed by atoms with Gasteiger partial charge in [0.05, 0.1) is 0 Å². The van der Waals surface area contributed by atoms with Crippen LogP contribution in [0.5, 0.6) is 0 Å². The maximum absolute atomic E-state index is 9.61. The summed E-state index contributed by atoms with van der Waals surface area (Å²) in [5, 5.41) is 19.2. The van der Waals surface area contributed by atoms with E-state index in [-0.39, 0.29) is 22.4 Å². The monoisotopic (exact) mass is 223 g/mol. The van der Waals surface area contributed by atoms with Crippen molar-refractivity contribution in [1.82, 2.24) is 0 Å². The van der Waals surface area contributed by atoms with Gasteiger partial charge in [0, 0.05) is 40.2 Å². The molecule has 0 bridgehead atoms. The zero-order chi connectivity index (χ0) is 6.73. The smallest absolute Gasteiger partial charge is 0.0498 e. The van der Waals surface area contributed by atoms with Gasteiger partial charge in [0.1, 0.15) is 0 Å². The molecule has 1 radical (unpaired) electrons. The molecule has 0 aromatic carbocycles. The van der Waals surface area contributed by atoms with Gasteiger partial charge in [-0.1, -0.05) is 6.92 Å². The van der Waals surface area contributed by atoms with Crippen LogP contribution in [0.1, 0.15) is 6.92 Å². The SMILES string of the molecule is CC(C(=O)[O-])C(=O)[O-].[Ag]. The predicted molar refractivity (Wildman–Crippen MR) is 19.2 cm³/mol. The molecule has 0 amide bonds. The number of carbonyl (C=O) groups is 2. The van der Waals surface area contributed by atoms with Crippen LogP contribution in [0.3, 0.4) is 0 Å². The third kappa shape index (κ3) is 4.20. The quantitative estimate of drug-likeness (QED) is 0.372. The Morgan fingerprint density at radius 2 is 1.44 bits per heavy atom. The number of aliphatic carboxylic acids is 2. The van der Waals surface area contributed by atoms with Crippen molar-refractivity contribution in [3.8, 4) is 0 Å². The second kappa shape index (κ2) is 4.55. The summed E-state index contributed by atoms with van der Waals surface area (Å²) in [7, 11) is 0. The minimum atomic E-state index is -1.62. The van der Waals surface area contributed by atoms with Crippen LogP contribution in [-0.4, -0.2) is 11.9 Å². The van der Waals surface area contributed by atoms with Crippen LogP contribution in [0.4, 0.5) is 0 Å². The van der Waals surface area contributed by atoms with Crippen molar-refractivity contribution in [2.24, 2.45) is 5.92 Å². The van der Waals surface area contributed by atoms with E-state index in [1.54, 1.807) is 0 Å². The average molecular weight is 224 g/mol. The van der Waals surface area contributed by atoms with Gasteiger partial charge in [0.15, 0.2) is 0 Å². The topological polar surface area (TPSA) is 80.3 Å². The molecule has 0 unspecified atom stereocenters. The zero-order valence-electron chi connectivity index (χ0n) is 4.51. The number of carboxylic acid groups (broad SMARTS) is 2. The summed E-state index contributed by atoms with van der Waals surface area (Å²) in [6.45, 7) is 0.991. The van der Waals surface area contributed by atoms with E-state index in [4.69, 9.17) is 0 Å². The maximum Gasteiger partial charge on any atom is 0.0498 e. The van der Waals surface area contributed by atoms with Gasteiger partial charge in [-0.3, -0.25) is 0 Å². The minimum Gasteiger partial charge on any atom is -0.549 e. The molecule has 0 spiro atoms.